The number of benzene rings is 2. The van der Waals surface area contributed by atoms with Gasteiger partial charge in [-0.15, -0.1) is 0 Å². The van der Waals surface area contributed by atoms with E-state index in [9.17, 15) is 9.18 Å². The number of rotatable bonds is 3. The first kappa shape index (κ1) is 21.6. The quantitative estimate of drug-likeness (QED) is 0.581. The summed E-state index contributed by atoms with van der Waals surface area (Å²) >= 11 is 6.12. The van der Waals surface area contributed by atoms with Gasteiger partial charge < -0.3 is 15.4 Å². The number of fused-ring (bicyclic) bond motifs is 2. The topological polar surface area (TPSA) is 79.4 Å². The first-order valence-electron chi connectivity index (χ1n) is 10.7. The van der Waals surface area contributed by atoms with Gasteiger partial charge in [0.1, 0.15) is 17.1 Å². The number of aryl methyl sites for hydroxylation is 1. The van der Waals surface area contributed by atoms with Crippen molar-refractivity contribution in [2.75, 3.05) is 23.5 Å². The molecule has 1 amide bonds. The number of carbonyl (C=O) groups excluding carboxylic acids is 1. The summed E-state index contributed by atoms with van der Waals surface area (Å²) in [6.07, 6.45) is 2.32. The molecule has 0 spiro atoms. The predicted octanol–water partition coefficient (Wildman–Crippen LogP) is 4.70. The van der Waals surface area contributed by atoms with Crippen LogP contribution >= 0.6 is 11.6 Å². The van der Waals surface area contributed by atoms with E-state index in [1.165, 1.54) is 41.1 Å². The number of halogens is 2. The molecule has 0 radical (unpaired) electrons. The summed E-state index contributed by atoms with van der Waals surface area (Å²) in [5.41, 5.74) is 4.66. The highest BCUT2D eigenvalue weighted by molar-refractivity contribution is 6.34. The van der Waals surface area contributed by atoms with Gasteiger partial charge in [-0.05, 0) is 74.7 Å². The minimum Gasteiger partial charge on any atom is -0.455 e. The van der Waals surface area contributed by atoms with E-state index in [1.54, 1.807) is 0 Å². The maximum atomic E-state index is 14.3. The van der Waals surface area contributed by atoms with Crippen molar-refractivity contribution in [1.29, 1.82) is 0 Å². The normalized spacial score (nSPS) is 16.6. The number of nitrogens with one attached hydrogen (secondary N) is 2. The van der Waals surface area contributed by atoms with Crippen LogP contribution in [0, 0.1) is 12.7 Å². The number of nitrogens with zero attached hydrogens (tertiary/aromatic N) is 3. The zero-order valence-corrected chi connectivity index (χ0v) is 19.3. The van der Waals surface area contributed by atoms with Gasteiger partial charge in [0.2, 0.25) is 11.8 Å². The summed E-state index contributed by atoms with van der Waals surface area (Å²) in [6, 6.07) is 8.41. The van der Waals surface area contributed by atoms with E-state index >= 15 is 0 Å². The van der Waals surface area contributed by atoms with Crippen LogP contribution in [0.4, 0.5) is 21.7 Å². The average Bonchev–Trinajstić information content (AvgIpc) is 2.74. The average molecular weight is 468 g/mol. The van der Waals surface area contributed by atoms with Gasteiger partial charge in [0.05, 0.1) is 5.02 Å². The van der Waals surface area contributed by atoms with Gasteiger partial charge in [-0.2, -0.15) is 4.98 Å². The van der Waals surface area contributed by atoms with Crippen molar-refractivity contribution in [2.24, 2.45) is 0 Å². The molecule has 0 saturated carbocycles. The number of carbonyl (C=O) groups is 1. The van der Waals surface area contributed by atoms with E-state index in [0.717, 1.165) is 23.6 Å². The molecule has 1 aromatic heterocycles. The second kappa shape index (κ2) is 7.97. The lowest BCUT2D eigenvalue weighted by molar-refractivity contribution is 0.0931. The Bertz CT molecular complexity index is 1260. The van der Waals surface area contributed by atoms with Crippen LogP contribution < -0.4 is 20.3 Å². The van der Waals surface area contributed by atoms with Crippen LogP contribution in [0.15, 0.2) is 36.5 Å². The summed E-state index contributed by atoms with van der Waals surface area (Å²) in [5.74, 6) is -0.634. The molecule has 0 aliphatic carbocycles. The van der Waals surface area contributed by atoms with Gasteiger partial charge in [-0.3, -0.25) is 9.69 Å². The maximum absolute atomic E-state index is 14.3. The number of hydrogen-bond acceptors (Lipinski definition) is 6. The van der Waals surface area contributed by atoms with Crippen molar-refractivity contribution >= 4 is 34.8 Å². The molecule has 170 valence electrons. The van der Waals surface area contributed by atoms with Crippen LogP contribution in [0.1, 0.15) is 40.9 Å². The molecule has 33 heavy (non-hydrogen) atoms. The van der Waals surface area contributed by atoms with E-state index in [2.05, 4.69) is 53.5 Å². The van der Waals surface area contributed by atoms with Gasteiger partial charge in [0.15, 0.2) is 6.73 Å². The molecule has 0 saturated heterocycles. The van der Waals surface area contributed by atoms with Crippen LogP contribution in [0.3, 0.4) is 0 Å². The smallest absolute Gasteiger partial charge is 0.268 e. The summed E-state index contributed by atoms with van der Waals surface area (Å²) in [4.78, 5) is 22.8. The number of para-hydroxylation sites is 1. The molecule has 2 aliphatic heterocycles. The third-order valence-corrected chi connectivity index (χ3v) is 6.33. The maximum Gasteiger partial charge on any atom is 0.268 e. The Morgan fingerprint density at radius 3 is 2.91 bits per heavy atom. The third kappa shape index (κ3) is 3.79. The lowest BCUT2D eigenvalue weighted by Crippen LogP contribution is -2.43. The molecule has 2 aliphatic rings. The SMILES string of the molecule is Cc1cc(Nc2ncc3c(n2)OCN(c2c(F)cccc2Cl)C3=O)cc2c1C(C)(C)NCC2. The highest BCUT2D eigenvalue weighted by Gasteiger charge is 2.32. The molecule has 2 aromatic carbocycles. The molecule has 0 fully saturated rings. The van der Waals surface area contributed by atoms with Gasteiger partial charge in [0.25, 0.3) is 5.91 Å². The van der Waals surface area contributed by atoms with Gasteiger partial charge >= 0.3 is 0 Å². The first-order valence-corrected chi connectivity index (χ1v) is 11.0. The fourth-order valence-electron chi connectivity index (χ4n) is 4.68. The van der Waals surface area contributed by atoms with E-state index in [-0.39, 0.29) is 34.4 Å². The Morgan fingerprint density at radius 1 is 1.30 bits per heavy atom. The molecule has 5 rings (SSSR count). The van der Waals surface area contributed by atoms with Gasteiger partial charge in [-0.1, -0.05) is 17.7 Å². The molecule has 3 aromatic rings. The van der Waals surface area contributed by atoms with E-state index < -0.39 is 11.7 Å². The Morgan fingerprint density at radius 2 is 2.12 bits per heavy atom. The predicted molar refractivity (Wildman–Crippen MR) is 125 cm³/mol. The molecule has 0 atom stereocenters. The van der Waals surface area contributed by atoms with Crippen LogP contribution in [0.2, 0.25) is 5.02 Å². The molecular formula is C24H23ClFN5O2. The highest BCUT2D eigenvalue weighted by atomic mass is 35.5. The van der Waals surface area contributed by atoms with E-state index in [4.69, 9.17) is 16.3 Å². The number of hydrogen-bond donors (Lipinski definition) is 2. The third-order valence-electron chi connectivity index (χ3n) is 6.03. The van der Waals surface area contributed by atoms with E-state index in [1.807, 2.05) is 0 Å². The van der Waals surface area contributed by atoms with Crippen LogP contribution in [-0.2, 0) is 12.0 Å². The van der Waals surface area contributed by atoms with Crippen molar-refractivity contribution in [3.05, 3.63) is 69.6 Å². The second-order valence-corrected chi connectivity index (χ2v) is 9.15. The number of anilines is 3. The molecule has 0 bridgehead atoms. The van der Waals surface area contributed by atoms with Crippen LogP contribution in [0.5, 0.6) is 5.88 Å². The fraction of sp³-hybridized carbons (Fsp3) is 0.292. The largest absolute Gasteiger partial charge is 0.455 e. The standard InChI is InChI=1S/C24H23ClFN5O2/c1-13-9-15(10-14-7-8-28-24(2,3)19(13)14)29-23-27-11-16-21(30-23)33-12-31(22(16)32)20-17(25)5-4-6-18(20)26/h4-6,9-11,28H,7-8,12H2,1-3H3,(H,27,29,30). The molecule has 3 heterocycles. The summed E-state index contributed by atoms with van der Waals surface area (Å²) < 4.78 is 20.0. The van der Waals surface area contributed by atoms with Crippen molar-refractivity contribution in [1.82, 2.24) is 15.3 Å². The van der Waals surface area contributed by atoms with Crippen molar-refractivity contribution in [3.8, 4) is 5.88 Å². The summed E-state index contributed by atoms with van der Waals surface area (Å²) in [7, 11) is 0. The van der Waals surface area contributed by atoms with Crippen LogP contribution in [-0.4, -0.2) is 29.2 Å². The molecule has 9 heteroatoms. The lowest BCUT2D eigenvalue weighted by atomic mass is 9.82. The Labute approximate surface area is 195 Å². The summed E-state index contributed by atoms with van der Waals surface area (Å²) in [6.45, 7) is 7.17. The number of amides is 1. The number of aromatic nitrogens is 2. The zero-order valence-electron chi connectivity index (χ0n) is 18.5. The van der Waals surface area contributed by atoms with Crippen LogP contribution in [0.25, 0.3) is 0 Å². The minimum absolute atomic E-state index is 0.0287. The van der Waals surface area contributed by atoms with Gasteiger partial charge in [-0.25, -0.2) is 9.37 Å². The Hall–Kier alpha value is -3.23. The number of ether oxygens (including phenoxy) is 1. The second-order valence-electron chi connectivity index (χ2n) is 8.74. The minimum atomic E-state index is -0.608. The monoisotopic (exact) mass is 467 g/mol. The highest BCUT2D eigenvalue weighted by Crippen LogP contribution is 2.35. The van der Waals surface area contributed by atoms with E-state index in [0.29, 0.717) is 5.95 Å². The molecule has 0 unspecified atom stereocenters. The van der Waals surface area contributed by atoms with Crippen molar-refractivity contribution in [3.63, 3.8) is 0 Å². The van der Waals surface area contributed by atoms with Crippen molar-refractivity contribution in [2.45, 2.75) is 32.7 Å². The van der Waals surface area contributed by atoms with Crippen molar-refractivity contribution < 1.29 is 13.9 Å². The Kier molecular flexibility index (Phi) is 5.22. The fourth-order valence-corrected chi connectivity index (χ4v) is 4.94. The Balaban J connectivity index is 1.42. The zero-order chi connectivity index (χ0) is 23.3. The lowest BCUT2D eigenvalue weighted by Gasteiger charge is -2.35. The molecular weight excluding hydrogens is 445 g/mol. The first-order chi connectivity index (χ1) is 15.7. The van der Waals surface area contributed by atoms with Gasteiger partial charge in [0, 0.05) is 17.4 Å². The summed E-state index contributed by atoms with van der Waals surface area (Å²) in [5, 5.41) is 6.90. The molecule has 2 N–H and O–H groups in total. The molecule has 7 nitrogen and oxygen atoms in total.